The van der Waals surface area contributed by atoms with Crippen molar-refractivity contribution in [3.05, 3.63) is 45.9 Å². The van der Waals surface area contributed by atoms with E-state index < -0.39 is 5.72 Å². The van der Waals surface area contributed by atoms with E-state index in [4.69, 9.17) is 37.4 Å². The molecule has 0 aromatic heterocycles. The first-order valence-electron chi connectivity index (χ1n) is 8.37. The van der Waals surface area contributed by atoms with Gasteiger partial charge in [0.2, 0.25) is 0 Å². The van der Waals surface area contributed by atoms with Gasteiger partial charge in [0, 0.05) is 23.1 Å². The number of carbonyl (C=O) groups is 1. The third-order valence-corrected chi connectivity index (χ3v) is 5.42. The Labute approximate surface area is 166 Å². The Kier molecular flexibility index (Phi) is 4.28. The summed E-state index contributed by atoms with van der Waals surface area (Å²) in [5, 5.41) is 3.93. The van der Waals surface area contributed by atoms with Crippen LogP contribution in [0.1, 0.15) is 24.9 Å². The van der Waals surface area contributed by atoms with Crippen molar-refractivity contribution in [2.24, 2.45) is 0 Å². The number of benzene rings is 2. The Morgan fingerprint density at radius 3 is 2.63 bits per heavy atom. The van der Waals surface area contributed by atoms with Gasteiger partial charge in [-0.15, -0.1) is 0 Å². The second-order valence-electron chi connectivity index (χ2n) is 6.66. The second kappa shape index (κ2) is 6.39. The summed E-state index contributed by atoms with van der Waals surface area (Å²) >= 11 is 12.5. The standard InChI is InChI=1S/C19H18Cl2N2O4/c1-19-9-14(12-6-10(20)7-13(21)17(12)27-19)22-18(24)23(19)11-4-5-15(25-2)16(8-11)26-3/h4-8,14H,9H2,1-3H3,(H,22,24). The molecule has 2 heterocycles. The number of nitrogens with zero attached hydrogens (tertiary/aromatic N) is 1. The summed E-state index contributed by atoms with van der Waals surface area (Å²) in [6.45, 7) is 1.86. The molecule has 142 valence electrons. The van der Waals surface area contributed by atoms with Gasteiger partial charge in [0.05, 0.1) is 31.0 Å². The largest absolute Gasteiger partial charge is 0.493 e. The van der Waals surface area contributed by atoms with Crippen molar-refractivity contribution >= 4 is 34.9 Å². The smallest absolute Gasteiger partial charge is 0.325 e. The van der Waals surface area contributed by atoms with Crippen LogP contribution in [0.5, 0.6) is 17.2 Å². The van der Waals surface area contributed by atoms with Crippen molar-refractivity contribution in [1.82, 2.24) is 5.32 Å². The molecule has 0 radical (unpaired) electrons. The molecule has 1 saturated heterocycles. The maximum Gasteiger partial charge on any atom is 0.325 e. The highest BCUT2D eigenvalue weighted by Gasteiger charge is 2.50. The van der Waals surface area contributed by atoms with Gasteiger partial charge in [0.1, 0.15) is 5.75 Å². The molecule has 2 unspecified atom stereocenters. The van der Waals surface area contributed by atoms with Gasteiger partial charge in [0.15, 0.2) is 17.2 Å². The van der Waals surface area contributed by atoms with E-state index in [0.29, 0.717) is 39.4 Å². The summed E-state index contributed by atoms with van der Waals surface area (Å²) in [6, 6.07) is 8.18. The molecule has 0 aliphatic carbocycles. The van der Waals surface area contributed by atoms with E-state index in [1.807, 2.05) is 6.92 Å². The summed E-state index contributed by atoms with van der Waals surface area (Å²) in [5.74, 6) is 1.63. The van der Waals surface area contributed by atoms with Gasteiger partial charge in [0.25, 0.3) is 0 Å². The molecule has 2 bridgehead atoms. The maximum atomic E-state index is 12.9. The molecule has 27 heavy (non-hydrogen) atoms. The molecule has 1 fully saturated rings. The molecule has 0 spiro atoms. The van der Waals surface area contributed by atoms with Crippen LogP contribution in [-0.2, 0) is 0 Å². The number of halogens is 2. The number of amides is 2. The van der Waals surface area contributed by atoms with E-state index >= 15 is 0 Å². The minimum atomic E-state index is -0.920. The molecule has 8 heteroatoms. The summed E-state index contributed by atoms with van der Waals surface area (Å²) in [7, 11) is 3.11. The van der Waals surface area contributed by atoms with E-state index in [1.54, 1.807) is 49.5 Å². The third-order valence-electron chi connectivity index (χ3n) is 4.92. The predicted octanol–water partition coefficient (Wildman–Crippen LogP) is 4.78. The lowest BCUT2D eigenvalue weighted by Gasteiger charge is -2.50. The fourth-order valence-electron chi connectivity index (χ4n) is 3.75. The molecule has 6 nitrogen and oxygen atoms in total. The molecular weight excluding hydrogens is 391 g/mol. The minimum absolute atomic E-state index is 0.237. The van der Waals surface area contributed by atoms with Crippen molar-refractivity contribution < 1.29 is 19.0 Å². The van der Waals surface area contributed by atoms with Crippen molar-refractivity contribution in [3.63, 3.8) is 0 Å². The molecule has 2 atom stereocenters. The van der Waals surface area contributed by atoms with Gasteiger partial charge in [-0.2, -0.15) is 0 Å². The number of nitrogens with one attached hydrogen (secondary N) is 1. The number of fused-ring (bicyclic) bond motifs is 4. The SMILES string of the molecule is COc1ccc(N2C(=O)NC3CC2(C)Oc2c(Cl)cc(Cl)cc23)cc1OC. The molecule has 2 aliphatic rings. The lowest BCUT2D eigenvalue weighted by Crippen LogP contribution is -2.65. The Hall–Kier alpha value is -2.31. The van der Waals surface area contributed by atoms with Crippen LogP contribution in [0.3, 0.4) is 0 Å². The number of carbonyl (C=O) groups excluding carboxylic acids is 1. The first kappa shape index (κ1) is 18.1. The van der Waals surface area contributed by atoms with Crippen LogP contribution in [0.25, 0.3) is 0 Å². The summed E-state index contributed by atoms with van der Waals surface area (Å²) in [6.07, 6.45) is 0.538. The number of hydrogen-bond acceptors (Lipinski definition) is 4. The normalized spacial score (nSPS) is 23.2. The Morgan fingerprint density at radius 1 is 1.19 bits per heavy atom. The molecule has 0 saturated carbocycles. The van der Waals surface area contributed by atoms with Crippen molar-refractivity contribution in [3.8, 4) is 17.2 Å². The number of rotatable bonds is 3. The van der Waals surface area contributed by atoms with Gasteiger partial charge >= 0.3 is 6.03 Å². The number of ether oxygens (including phenoxy) is 3. The highest BCUT2D eigenvalue weighted by molar-refractivity contribution is 6.35. The zero-order valence-corrected chi connectivity index (χ0v) is 16.5. The fourth-order valence-corrected chi connectivity index (χ4v) is 4.29. The summed E-state index contributed by atoms with van der Waals surface area (Å²) in [5.41, 5.74) is 0.488. The molecule has 2 aromatic carbocycles. The highest BCUT2D eigenvalue weighted by Crippen LogP contribution is 2.49. The lowest BCUT2D eigenvalue weighted by atomic mass is 9.90. The quantitative estimate of drug-likeness (QED) is 0.793. The van der Waals surface area contributed by atoms with E-state index in [-0.39, 0.29) is 12.1 Å². The van der Waals surface area contributed by atoms with Gasteiger partial charge in [-0.1, -0.05) is 23.2 Å². The van der Waals surface area contributed by atoms with Crippen LogP contribution >= 0.6 is 23.2 Å². The van der Waals surface area contributed by atoms with Crippen LogP contribution in [0.15, 0.2) is 30.3 Å². The fraction of sp³-hybridized carbons (Fsp3) is 0.316. The number of anilines is 1. The van der Waals surface area contributed by atoms with Crippen LogP contribution in [0.2, 0.25) is 10.0 Å². The molecule has 1 N–H and O–H groups in total. The van der Waals surface area contributed by atoms with Crippen LogP contribution in [0.4, 0.5) is 10.5 Å². The zero-order chi connectivity index (χ0) is 19.3. The molecule has 4 rings (SSSR count). The van der Waals surface area contributed by atoms with Gasteiger partial charge in [-0.25, -0.2) is 4.79 Å². The van der Waals surface area contributed by atoms with Crippen molar-refractivity contribution in [1.29, 1.82) is 0 Å². The second-order valence-corrected chi connectivity index (χ2v) is 7.51. The third kappa shape index (κ3) is 2.84. The van der Waals surface area contributed by atoms with Crippen LogP contribution in [0, 0.1) is 0 Å². The average Bonchev–Trinajstić information content (AvgIpc) is 2.62. The van der Waals surface area contributed by atoms with Gasteiger partial charge < -0.3 is 19.5 Å². The Bertz CT molecular complexity index is 936. The number of hydrogen-bond donors (Lipinski definition) is 1. The van der Waals surface area contributed by atoms with Crippen LogP contribution in [-0.4, -0.2) is 26.0 Å². The van der Waals surface area contributed by atoms with E-state index in [1.165, 1.54) is 0 Å². The van der Waals surface area contributed by atoms with E-state index in [2.05, 4.69) is 5.32 Å². The highest BCUT2D eigenvalue weighted by atomic mass is 35.5. The monoisotopic (exact) mass is 408 g/mol. The summed E-state index contributed by atoms with van der Waals surface area (Å²) in [4.78, 5) is 14.5. The minimum Gasteiger partial charge on any atom is -0.493 e. The van der Waals surface area contributed by atoms with Crippen molar-refractivity contribution in [2.45, 2.75) is 25.1 Å². The lowest BCUT2D eigenvalue weighted by molar-refractivity contribution is 0.0379. The average molecular weight is 409 g/mol. The summed E-state index contributed by atoms with van der Waals surface area (Å²) < 4.78 is 16.9. The first-order chi connectivity index (χ1) is 12.9. The number of methoxy groups -OCH3 is 2. The Balaban J connectivity index is 1.80. The number of urea groups is 1. The molecule has 2 aliphatic heterocycles. The maximum absolute atomic E-state index is 12.9. The Morgan fingerprint density at radius 2 is 1.93 bits per heavy atom. The predicted molar refractivity (Wildman–Crippen MR) is 103 cm³/mol. The van der Waals surface area contributed by atoms with Gasteiger partial charge in [-0.05, 0) is 31.2 Å². The van der Waals surface area contributed by atoms with Crippen LogP contribution < -0.4 is 24.4 Å². The topological polar surface area (TPSA) is 60.0 Å². The molecular formula is C19H18Cl2N2O4. The van der Waals surface area contributed by atoms with Crippen molar-refractivity contribution in [2.75, 3.05) is 19.1 Å². The first-order valence-corrected chi connectivity index (χ1v) is 9.12. The molecule has 2 amide bonds. The van der Waals surface area contributed by atoms with E-state index in [0.717, 1.165) is 5.56 Å². The van der Waals surface area contributed by atoms with Gasteiger partial charge in [-0.3, -0.25) is 4.90 Å². The zero-order valence-electron chi connectivity index (χ0n) is 15.0. The van der Waals surface area contributed by atoms with E-state index in [9.17, 15) is 4.79 Å². The molecule has 2 aromatic rings.